The van der Waals surface area contributed by atoms with E-state index in [4.69, 9.17) is 5.73 Å². The Kier molecular flexibility index (Phi) is 6.87. The lowest BCUT2D eigenvalue weighted by Crippen LogP contribution is -2.26. The van der Waals surface area contributed by atoms with Crippen LogP contribution in [0.1, 0.15) is 31.2 Å². The van der Waals surface area contributed by atoms with Gasteiger partial charge in [0, 0.05) is 6.54 Å². The molecule has 0 fully saturated rings. The van der Waals surface area contributed by atoms with E-state index >= 15 is 0 Å². The number of carbonyl (C=O) groups excluding carboxylic acids is 1. The summed E-state index contributed by atoms with van der Waals surface area (Å²) < 4.78 is 0. The summed E-state index contributed by atoms with van der Waals surface area (Å²) in [5, 5.41) is 12.2. The molecule has 0 saturated carbocycles. The van der Waals surface area contributed by atoms with E-state index in [1.54, 1.807) is 18.2 Å². The molecule has 0 heterocycles. The number of amides is 1. The number of phenols is 1. The maximum absolute atomic E-state index is 11.6. The summed E-state index contributed by atoms with van der Waals surface area (Å²) in [6.45, 7) is 1.45. The summed E-state index contributed by atoms with van der Waals surface area (Å²) in [7, 11) is 0. The van der Waals surface area contributed by atoms with Crippen LogP contribution in [-0.4, -0.2) is 24.1 Å². The van der Waals surface area contributed by atoms with Gasteiger partial charge in [-0.2, -0.15) is 0 Å². The van der Waals surface area contributed by atoms with Crippen LogP contribution in [0.25, 0.3) is 0 Å². The Morgan fingerprint density at radius 3 is 2.72 bits per heavy atom. The number of rotatable bonds is 8. The molecule has 0 aliphatic carbocycles. The lowest BCUT2D eigenvalue weighted by Gasteiger charge is -2.05. The van der Waals surface area contributed by atoms with Crippen molar-refractivity contribution in [3.8, 4) is 5.75 Å². The smallest absolute Gasteiger partial charge is 0.224 e. The van der Waals surface area contributed by atoms with Crippen molar-refractivity contribution in [2.75, 3.05) is 13.1 Å². The van der Waals surface area contributed by atoms with E-state index in [1.807, 2.05) is 6.07 Å². The van der Waals surface area contributed by atoms with Crippen LogP contribution < -0.4 is 11.1 Å². The molecule has 0 saturated heterocycles. The largest absolute Gasteiger partial charge is 0.508 e. The average molecular weight is 250 g/mol. The molecule has 1 aromatic carbocycles. The van der Waals surface area contributed by atoms with Gasteiger partial charge in [0.15, 0.2) is 0 Å². The number of carbonyl (C=O) groups is 1. The van der Waals surface area contributed by atoms with Gasteiger partial charge in [-0.25, -0.2) is 0 Å². The minimum atomic E-state index is -0.000533. The lowest BCUT2D eigenvalue weighted by molar-refractivity contribution is -0.120. The van der Waals surface area contributed by atoms with E-state index in [1.165, 1.54) is 0 Å². The summed E-state index contributed by atoms with van der Waals surface area (Å²) in [4.78, 5) is 11.6. The molecule has 0 bridgehead atoms. The highest BCUT2D eigenvalue weighted by atomic mass is 16.3. The third kappa shape index (κ3) is 6.25. The molecule has 1 rings (SSSR count). The van der Waals surface area contributed by atoms with Gasteiger partial charge >= 0.3 is 0 Å². The predicted molar refractivity (Wildman–Crippen MR) is 72.3 cm³/mol. The first kappa shape index (κ1) is 14.5. The molecule has 4 N–H and O–H groups in total. The molecule has 18 heavy (non-hydrogen) atoms. The van der Waals surface area contributed by atoms with Gasteiger partial charge in [0.05, 0.1) is 6.42 Å². The Balaban J connectivity index is 2.14. The minimum absolute atomic E-state index is 0.000533. The number of hydrogen-bond acceptors (Lipinski definition) is 3. The third-order valence-electron chi connectivity index (χ3n) is 2.73. The first-order valence-corrected chi connectivity index (χ1v) is 6.47. The molecule has 0 atom stereocenters. The zero-order valence-electron chi connectivity index (χ0n) is 10.7. The summed E-state index contributed by atoms with van der Waals surface area (Å²) in [6.07, 6.45) is 4.59. The van der Waals surface area contributed by atoms with Gasteiger partial charge in [-0.05, 0) is 37.1 Å². The van der Waals surface area contributed by atoms with Crippen LogP contribution in [0.5, 0.6) is 5.75 Å². The van der Waals surface area contributed by atoms with Crippen LogP contribution >= 0.6 is 0 Å². The number of nitrogens with two attached hydrogens (primary N) is 1. The summed E-state index contributed by atoms with van der Waals surface area (Å²) in [6, 6.07) is 6.78. The molecule has 1 aromatic rings. The van der Waals surface area contributed by atoms with E-state index in [0.717, 1.165) is 37.8 Å². The van der Waals surface area contributed by atoms with Gasteiger partial charge in [0.1, 0.15) is 5.75 Å². The van der Waals surface area contributed by atoms with Crippen LogP contribution in [0.2, 0.25) is 0 Å². The molecular formula is C14H22N2O2. The second-order valence-electron chi connectivity index (χ2n) is 4.40. The van der Waals surface area contributed by atoms with Crippen molar-refractivity contribution in [2.45, 2.75) is 32.1 Å². The maximum Gasteiger partial charge on any atom is 0.224 e. The molecule has 4 heteroatoms. The Bertz CT molecular complexity index is 367. The van der Waals surface area contributed by atoms with Crippen LogP contribution in [0.3, 0.4) is 0 Å². The highest BCUT2D eigenvalue weighted by Crippen LogP contribution is 2.11. The highest BCUT2D eigenvalue weighted by Gasteiger charge is 2.03. The van der Waals surface area contributed by atoms with Crippen molar-refractivity contribution in [3.05, 3.63) is 29.8 Å². The fourth-order valence-corrected chi connectivity index (χ4v) is 1.77. The standard InChI is InChI=1S/C14H22N2O2/c15-8-3-1-2-4-9-16-14(18)11-12-6-5-7-13(17)10-12/h5-7,10,17H,1-4,8-9,11,15H2,(H,16,18). The second kappa shape index (κ2) is 8.53. The van der Waals surface area contributed by atoms with E-state index in [0.29, 0.717) is 13.0 Å². The summed E-state index contributed by atoms with van der Waals surface area (Å²) in [5.74, 6) is 0.196. The second-order valence-corrected chi connectivity index (χ2v) is 4.40. The number of benzene rings is 1. The first-order chi connectivity index (χ1) is 8.72. The Morgan fingerprint density at radius 2 is 2.00 bits per heavy atom. The number of unbranched alkanes of at least 4 members (excludes halogenated alkanes) is 3. The number of hydrogen-bond donors (Lipinski definition) is 3. The minimum Gasteiger partial charge on any atom is -0.508 e. The lowest BCUT2D eigenvalue weighted by atomic mass is 10.1. The van der Waals surface area contributed by atoms with Crippen molar-refractivity contribution in [3.63, 3.8) is 0 Å². The van der Waals surface area contributed by atoms with Gasteiger partial charge in [0.2, 0.25) is 5.91 Å². The fourth-order valence-electron chi connectivity index (χ4n) is 1.77. The number of nitrogens with one attached hydrogen (secondary N) is 1. The highest BCUT2D eigenvalue weighted by molar-refractivity contribution is 5.78. The van der Waals surface area contributed by atoms with E-state index in [-0.39, 0.29) is 11.7 Å². The van der Waals surface area contributed by atoms with Crippen LogP contribution in [0, 0.1) is 0 Å². The molecule has 0 radical (unpaired) electrons. The van der Waals surface area contributed by atoms with E-state index in [2.05, 4.69) is 5.32 Å². The van der Waals surface area contributed by atoms with Gasteiger partial charge in [-0.15, -0.1) is 0 Å². The molecule has 4 nitrogen and oxygen atoms in total. The quantitative estimate of drug-likeness (QED) is 0.613. The molecule has 1 amide bonds. The Hall–Kier alpha value is -1.55. The van der Waals surface area contributed by atoms with Gasteiger partial charge in [0.25, 0.3) is 0 Å². The molecule has 0 aliphatic heterocycles. The number of phenolic OH excluding ortho intramolecular Hbond substituents is 1. The van der Waals surface area contributed by atoms with Crippen molar-refractivity contribution in [1.82, 2.24) is 5.32 Å². The summed E-state index contributed by atoms with van der Waals surface area (Å²) >= 11 is 0. The molecule has 0 aliphatic rings. The molecule has 0 unspecified atom stereocenters. The third-order valence-corrected chi connectivity index (χ3v) is 2.73. The van der Waals surface area contributed by atoms with Crippen molar-refractivity contribution < 1.29 is 9.90 Å². The van der Waals surface area contributed by atoms with Crippen LogP contribution in [0.4, 0.5) is 0 Å². The van der Waals surface area contributed by atoms with Gasteiger partial charge in [-0.1, -0.05) is 25.0 Å². The van der Waals surface area contributed by atoms with Gasteiger partial charge in [-0.3, -0.25) is 4.79 Å². The Morgan fingerprint density at radius 1 is 1.22 bits per heavy atom. The first-order valence-electron chi connectivity index (χ1n) is 6.47. The molecular weight excluding hydrogens is 228 g/mol. The van der Waals surface area contributed by atoms with Crippen molar-refractivity contribution in [1.29, 1.82) is 0 Å². The number of aromatic hydroxyl groups is 1. The van der Waals surface area contributed by atoms with Gasteiger partial charge < -0.3 is 16.2 Å². The van der Waals surface area contributed by atoms with Crippen molar-refractivity contribution >= 4 is 5.91 Å². The normalized spacial score (nSPS) is 10.3. The van der Waals surface area contributed by atoms with Crippen LogP contribution in [0.15, 0.2) is 24.3 Å². The van der Waals surface area contributed by atoms with E-state index in [9.17, 15) is 9.90 Å². The van der Waals surface area contributed by atoms with Crippen molar-refractivity contribution in [2.24, 2.45) is 5.73 Å². The SMILES string of the molecule is NCCCCCCNC(=O)Cc1cccc(O)c1. The van der Waals surface area contributed by atoms with E-state index < -0.39 is 0 Å². The van der Waals surface area contributed by atoms with Crippen LogP contribution in [-0.2, 0) is 11.2 Å². The molecule has 100 valence electrons. The zero-order chi connectivity index (χ0) is 13.2. The fraction of sp³-hybridized carbons (Fsp3) is 0.500. The monoisotopic (exact) mass is 250 g/mol. The average Bonchev–Trinajstić information content (AvgIpc) is 2.33. The molecule has 0 spiro atoms. The predicted octanol–water partition coefficient (Wildman–Crippen LogP) is 1.57. The molecule has 0 aromatic heterocycles. The topological polar surface area (TPSA) is 75.3 Å². The summed E-state index contributed by atoms with van der Waals surface area (Å²) in [5.41, 5.74) is 6.23. The maximum atomic E-state index is 11.6. The Labute approximate surface area is 108 Å². The zero-order valence-corrected chi connectivity index (χ0v) is 10.7.